The van der Waals surface area contributed by atoms with Gasteiger partial charge >= 0.3 is 0 Å². The molecule has 10 heteroatoms. The van der Waals surface area contributed by atoms with Crippen molar-refractivity contribution in [2.45, 2.75) is 24.9 Å². The SMILES string of the molecule is O=C(NCC1CCNC1)c1ccc(Nc2nc3c(N4CCC(O)(c5ccc(Cl)cc5)CC4)cccn3n2)cc1. The van der Waals surface area contributed by atoms with E-state index in [1.807, 2.05) is 54.7 Å². The zero-order valence-corrected chi connectivity index (χ0v) is 22.4. The van der Waals surface area contributed by atoms with Gasteiger partial charge < -0.3 is 26.0 Å². The molecule has 1 unspecified atom stereocenters. The highest BCUT2D eigenvalue weighted by Gasteiger charge is 2.34. The van der Waals surface area contributed by atoms with Crippen molar-refractivity contribution in [2.24, 2.45) is 5.92 Å². The predicted octanol–water partition coefficient (Wildman–Crippen LogP) is 3.95. The molecule has 0 bridgehead atoms. The Balaban J connectivity index is 1.11. The summed E-state index contributed by atoms with van der Waals surface area (Å²) >= 11 is 6.03. The number of benzene rings is 2. The summed E-state index contributed by atoms with van der Waals surface area (Å²) in [4.78, 5) is 19.5. The number of amides is 1. The number of hydrogen-bond acceptors (Lipinski definition) is 7. The lowest BCUT2D eigenvalue weighted by Gasteiger charge is -2.39. The molecule has 202 valence electrons. The van der Waals surface area contributed by atoms with Crippen LogP contribution in [0.4, 0.5) is 17.3 Å². The van der Waals surface area contributed by atoms with E-state index in [0.717, 1.165) is 42.1 Å². The number of nitrogens with zero attached hydrogens (tertiary/aromatic N) is 4. The van der Waals surface area contributed by atoms with E-state index < -0.39 is 5.60 Å². The van der Waals surface area contributed by atoms with Crippen molar-refractivity contribution in [2.75, 3.05) is 42.9 Å². The molecule has 9 nitrogen and oxygen atoms in total. The molecule has 2 aromatic heterocycles. The zero-order valence-electron chi connectivity index (χ0n) is 21.6. The number of anilines is 3. The Labute approximate surface area is 232 Å². The summed E-state index contributed by atoms with van der Waals surface area (Å²) in [6.45, 7) is 4.05. The van der Waals surface area contributed by atoms with Gasteiger partial charge in [0, 0.05) is 42.1 Å². The van der Waals surface area contributed by atoms with Crippen molar-refractivity contribution in [1.29, 1.82) is 0 Å². The average molecular weight is 546 g/mol. The molecule has 1 amide bonds. The Bertz CT molecular complexity index is 1440. The molecule has 6 rings (SSSR count). The molecule has 39 heavy (non-hydrogen) atoms. The van der Waals surface area contributed by atoms with Gasteiger partial charge in [0.05, 0.1) is 11.3 Å². The highest BCUT2D eigenvalue weighted by Crippen LogP contribution is 2.36. The summed E-state index contributed by atoms with van der Waals surface area (Å²) in [6, 6.07) is 18.8. The fourth-order valence-corrected chi connectivity index (χ4v) is 5.55. The van der Waals surface area contributed by atoms with E-state index in [1.54, 1.807) is 16.6 Å². The van der Waals surface area contributed by atoms with Gasteiger partial charge in [-0.2, -0.15) is 4.98 Å². The first-order valence-corrected chi connectivity index (χ1v) is 13.8. The number of carbonyl (C=O) groups excluding carboxylic acids is 1. The lowest BCUT2D eigenvalue weighted by atomic mass is 9.84. The Morgan fingerprint density at radius 1 is 1.10 bits per heavy atom. The maximum absolute atomic E-state index is 12.5. The van der Waals surface area contributed by atoms with Gasteiger partial charge in [-0.05, 0) is 92.4 Å². The number of fused-ring (bicyclic) bond motifs is 1. The number of nitrogens with one attached hydrogen (secondary N) is 3. The fraction of sp³-hybridized carbons (Fsp3) is 0.345. The van der Waals surface area contributed by atoms with Crippen molar-refractivity contribution in [3.8, 4) is 0 Å². The molecule has 1 atom stereocenters. The van der Waals surface area contributed by atoms with E-state index in [4.69, 9.17) is 16.6 Å². The molecule has 2 saturated heterocycles. The van der Waals surface area contributed by atoms with Crippen LogP contribution in [0, 0.1) is 5.92 Å². The van der Waals surface area contributed by atoms with Crippen molar-refractivity contribution in [3.63, 3.8) is 0 Å². The molecule has 4 N–H and O–H groups in total. The summed E-state index contributed by atoms with van der Waals surface area (Å²) in [7, 11) is 0. The number of halogens is 1. The van der Waals surface area contributed by atoms with E-state index in [1.165, 1.54) is 0 Å². The molecule has 2 fully saturated rings. The number of aromatic nitrogens is 3. The van der Waals surface area contributed by atoms with Gasteiger partial charge in [-0.15, -0.1) is 5.10 Å². The zero-order chi connectivity index (χ0) is 26.8. The van der Waals surface area contributed by atoms with Crippen LogP contribution in [0.5, 0.6) is 0 Å². The summed E-state index contributed by atoms with van der Waals surface area (Å²) in [5.74, 6) is 0.914. The molecule has 2 aromatic carbocycles. The van der Waals surface area contributed by atoms with Gasteiger partial charge in [-0.1, -0.05) is 23.7 Å². The first-order valence-electron chi connectivity index (χ1n) is 13.4. The largest absolute Gasteiger partial charge is 0.385 e. The third-order valence-electron chi connectivity index (χ3n) is 7.77. The smallest absolute Gasteiger partial charge is 0.251 e. The Morgan fingerprint density at radius 3 is 2.59 bits per heavy atom. The van der Waals surface area contributed by atoms with Crippen LogP contribution in [0.1, 0.15) is 35.2 Å². The second-order valence-electron chi connectivity index (χ2n) is 10.4. The summed E-state index contributed by atoms with van der Waals surface area (Å²) in [6.07, 6.45) is 4.18. The Hall–Kier alpha value is -3.66. The van der Waals surface area contributed by atoms with Crippen LogP contribution in [-0.4, -0.2) is 58.3 Å². The highest BCUT2D eigenvalue weighted by atomic mass is 35.5. The Morgan fingerprint density at radius 2 is 1.87 bits per heavy atom. The lowest BCUT2D eigenvalue weighted by molar-refractivity contribution is 0.0118. The maximum atomic E-state index is 12.5. The number of pyridine rings is 1. The molecule has 0 aliphatic carbocycles. The van der Waals surface area contributed by atoms with E-state index in [0.29, 0.717) is 54.9 Å². The van der Waals surface area contributed by atoms with Crippen molar-refractivity contribution >= 4 is 40.5 Å². The van der Waals surface area contributed by atoms with Crippen LogP contribution in [0.15, 0.2) is 66.9 Å². The maximum Gasteiger partial charge on any atom is 0.251 e. The van der Waals surface area contributed by atoms with Crippen LogP contribution in [0.2, 0.25) is 5.02 Å². The van der Waals surface area contributed by atoms with Gasteiger partial charge in [-0.25, -0.2) is 4.52 Å². The second-order valence-corrected chi connectivity index (χ2v) is 10.8. The topological polar surface area (TPSA) is 107 Å². The molecule has 4 heterocycles. The van der Waals surface area contributed by atoms with Gasteiger partial charge in [0.15, 0.2) is 5.65 Å². The van der Waals surface area contributed by atoms with Crippen molar-refractivity contribution in [1.82, 2.24) is 25.2 Å². The lowest BCUT2D eigenvalue weighted by Crippen LogP contribution is -2.42. The van der Waals surface area contributed by atoms with E-state index in [2.05, 4.69) is 25.9 Å². The third kappa shape index (κ3) is 5.56. The molecule has 4 aromatic rings. The highest BCUT2D eigenvalue weighted by molar-refractivity contribution is 6.30. The molecule has 2 aliphatic rings. The summed E-state index contributed by atoms with van der Waals surface area (Å²) in [5.41, 5.74) is 3.17. The van der Waals surface area contributed by atoms with E-state index in [9.17, 15) is 9.90 Å². The average Bonchev–Trinajstić information content (AvgIpc) is 3.62. The number of rotatable bonds is 7. The van der Waals surface area contributed by atoms with Gasteiger partial charge in [0.2, 0.25) is 5.95 Å². The molecule has 0 saturated carbocycles. The summed E-state index contributed by atoms with van der Waals surface area (Å²) in [5, 5.41) is 26.1. The van der Waals surface area contributed by atoms with Crippen LogP contribution < -0.4 is 20.9 Å². The minimum Gasteiger partial charge on any atom is -0.385 e. The molecule has 0 spiro atoms. The second kappa shape index (κ2) is 10.8. The standard InChI is InChI=1S/C29H32ClN7O2/c30-23-7-5-22(6-8-23)29(39)12-16-36(17-13-29)25-2-1-15-37-26(25)34-28(35-37)33-24-9-3-21(4-10-24)27(38)32-19-20-11-14-31-18-20/h1-10,15,20,31,39H,11-14,16-19H2,(H,32,38)(H,33,35). The minimum atomic E-state index is -0.872. The molecular formula is C29H32ClN7O2. The molecule has 0 radical (unpaired) electrons. The van der Waals surface area contributed by atoms with Gasteiger partial charge in [0.1, 0.15) is 0 Å². The van der Waals surface area contributed by atoms with Crippen LogP contribution >= 0.6 is 11.6 Å². The molecule has 2 aliphatic heterocycles. The molecular weight excluding hydrogens is 514 g/mol. The monoisotopic (exact) mass is 545 g/mol. The predicted molar refractivity (Wildman–Crippen MR) is 153 cm³/mol. The number of piperidine rings is 1. The first kappa shape index (κ1) is 25.6. The number of hydrogen-bond donors (Lipinski definition) is 4. The van der Waals surface area contributed by atoms with Gasteiger partial charge in [-0.3, -0.25) is 4.79 Å². The number of carbonyl (C=O) groups is 1. The number of aliphatic hydroxyl groups is 1. The van der Waals surface area contributed by atoms with Crippen LogP contribution in [-0.2, 0) is 5.60 Å². The summed E-state index contributed by atoms with van der Waals surface area (Å²) < 4.78 is 1.76. The quantitative estimate of drug-likeness (QED) is 0.278. The van der Waals surface area contributed by atoms with Crippen LogP contribution in [0.3, 0.4) is 0 Å². The van der Waals surface area contributed by atoms with Crippen LogP contribution in [0.25, 0.3) is 5.65 Å². The third-order valence-corrected chi connectivity index (χ3v) is 8.02. The Kier molecular flexibility index (Phi) is 7.12. The van der Waals surface area contributed by atoms with Crippen molar-refractivity contribution in [3.05, 3.63) is 83.0 Å². The van der Waals surface area contributed by atoms with E-state index >= 15 is 0 Å². The normalized spacial score (nSPS) is 18.8. The van der Waals surface area contributed by atoms with E-state index in [-0.39, 0.29) is 5.91 Å². The minimum absolute atomic E-state index is 0.0616. The first-order chi connectivity index (χ1) is 19.0. The van der Waals surface area contributed by atoms with Gasteiger partial charge in [0.25, 0.3) is 5.91 Å². The van der Waals surface area contributed by atoms with Crippen molar-refractivity contribution < 1.29 is 9.90 Å². The fourth-order valence-electron chi connectivity index (χ4n) is 5.42.